The molecule has 0 aromatic heterocycles. The molecule has 0 amide bonds. The lowest BCUT2D eigenvalue weighted by atomic mass is 10.7. The molecule has 0 bridgehead atoms. The summed E-state index contributed by atoms with van der Waals surface area (Å²) in [5, 5.41) is 9.62. The van der Waals surface area contributed by atoms with Crippen molar-refractivity contribution in [2.75, 3.05) is 20.3 Å². The fourth-order valence-corrected chi connectivity index (χ4v) is 0.383. The van der Waals surface area contributed by atoms with Crippen molar-refractivity contribution < 1.29 is 4.74 Å². The maximum absolute atomic E-state index is 6.77. The molecule has 5 heteroatoms. The molecule has 0 aromatic carbocycles. The van der Waals surface area contributed by atoms with Gasteiger partial charge >= 0.3 is 0 Å². The highest BCUT2D eigenvalue weighted by molar-refractivity contribution is 8.93. The van der Waals surface area contributed by atoms with Gasteiger partial charge in [0, 0.05) is 13.7 Å². The van der Waals surface area contributed by atoms with E-state index in [9.17, 15) is 0 Å². The smallest absolute Gasteiger partial charge is 0.150 e. The number of rotatable bonds is 3. The van der Waals surface area contributed by atoms with Crippen LogP contribution in [0.25, 0.3) is 0 Å². The first kappa shape index (κ1) is 12.0. The van der Waals surface area contributed by atoms with E-state index in [4.69, 9.17) is 10.1 Å². The molecule has 0 saturated heterocycles. The van der Waals surface area contributed by atoms with E-state index < -0.39 is 0 Å². The Morgan fingerprint density at radius 1 is 1.78 bits per heavy atom. The van der Waals surface area contributed by atoms with Crippen LogP contribution in [0.2, 0.25) is 0 Å². The summed E-state index contributed by atoms with van der Waals surface area (Å²) < 4.78 is 4.70. The molecule has 9 heavy (non-hydrogen) atoms. The third kappa shape index (κ3) is 11.7. The number of nitrogens with one attached hydrogen (secondary N) is 2. The quantitative estimate of drug-likeness (QED) is 0.280. The van der Waals surface area contributed by atoms with Crippen molar-refractivity contribution in [3.8, 4) is 0 Å². The zero-order valence-corrected chi connectivity index (χ0v) is 7.79. The predicted molar refractivity (Wildman–Crippen MR) is 46.9 cm³/mol. The van der Waals surface area contributed by atoms with Crippen molar-refractivity contribution in [3.05, 3.63) is 0 Å². The number of hydrogen-bond acceptors (Lipinski definition) is 2. The molecule has 0 unspecified atom stereocenters. The fraction of sp³-hybridized carbons (Fsp3) is 0.750. The molecule has 0 saturated carbocycles. The number of thiol groups is 1. The maximum atomic E-state index is 6.77. The van der Waals surface area contributed by atoms with Crippen LogP contribution in [-0.4, -0.2) is 25.4 Å². The highest BCUT2D eigenvalue weighted by Gasteiger charge is 1.83. The first-order valence-electron chi connectivity index (χ1n) is 2.27. The lowest BCUT2D eigenvalue weighted by molar-refractivity contribution is 0.204. The second-order valence-electron chi connectivity index (χ2n) is 1.27. The maximum Gasteiger partial charge on any atom is 0.150 e. The Labute approximate surface area is 70.9 Å². The van der Waals surface area contributed by atoms with Crippen molar-refractivity contribution >= 4 is 34.8 Å². The highest BCUT2D eigenvalue weighted by Crippen LogP contribution is 1.70. The molecule has 0 heterocycles. The number of amidine groups is 1. The molecule has 0 atom stereocenters. The third-order valence-corrected chi connectivity index (χ3v) is 0.757. The topological polar surface area (TPSA) is 45.1 Å². The minimum Gasteiger partial charge on any atom is -0.383 e. The van der Waals surface area contributed by atoms with Gasteiger partial charge in [0.15, 0.2) is 5.17 Å². The Morgan fingerprint density at radius 2 is 2.33 bits per heavy atom. The van der Waals surface area contributed by atoms with Crippen LogP contribution in [0.1, 0.15) is 0 Å². The van der Waals surface area contributed by atoms with Gasteiger partial charge in [-0.25, -0.2) is 0 Å². The second-order valence-corrected chi connectivity index (χ2v) is 1.72. The van der Waals surface area contributed by atoms with E-state index in [1.54, 1.807) is 7.11 Å². The summed E-state index contributed by atoms with van der Waals surface area (Å²) in [5.41, 5.74) is 0. The number of hydrogen-bond donors (Lipinski definition) is 3. The lowest BCUT2D eigenvalue weighted by Gasteiger charge is -1.99. The van der Waals surface area contributed by atoms with Gasteiger partial charge in [-0.2, -0.15) is 0 Å². The molecule has 0 aliphatic heterocycles. The van der Waals surface area contributed by atoms with E-state index in [1.165, 1.54) is 0 Å². The van der Waals surface area contributed by atoms with E-state index in [-0.39, 0.29) is 22.1 Å². The summed E-state index contributed by atoms with van der Waals surface area (Å²) >= 11 is 3.69. The average Bonchev–Trinajstić information content (AvgIpc) is 1.66. The number of halogens is 1. The lowest BCUT2D eigenvalue weighted by Crippen LogP contribution is -2.21. The number of ether oxygens (including phenoxy) is 1. The molecule has 0 spiro atoms. The molecular formula is C4H11BrN2OS. The van der Waals surface area contributed by atoms with Crippen LogP contribution in [0.4, 0.5) is 0 Å². The molecule has 3 nitrogen and oxygen atoms in total. The van der Waals surface area contributed by atoms with Crippen molar-refractivity contribution in [3.63, 3.8) is 0 Å². The van der Waals surface area contributed by atoms with Crippen LogP contribution in [0.3, 0.4) is 0 Å². The summed E-state index contributed by atoms with van der Waals surface area (Å²) in [4.78, 5) is 0. The first-order valence-corrected chi connectivity index (χ1v) is 2.72. The van der Waals surface area contributed by atoms with Gasteiger partial charge < -0.3 is 10.1 Å². The van der Waals surface area contributed by atoms with E-state index >= 15 is 0 Å². The Bertz CT molecular complexity index is 81.0. The zero-order chi connectivity index (χ0) is 6.41. The summed E-state index contributed by atoms with van der Waals surface area (Å²) in [7, 11) is 1.61. The minimum absolute atomic E-state index is 0. The Morgan fingerprint density at radius 3 is 2.67 bits per heavy atom. The summed E-state index contributed by atoms with van der Waals surface area (Å²) in [6.07, 6.45) is 0. The zero-order valence-electron chi connectivity index (χ0n) is 5.18. The third-order valence-electron chi connectivity index (χ3n) is 0.599. The summed E-state index contributed by atoms with van der Waals surface area (Å²) in [6.45, 7) is 1.27. The monoisotopic (exact) mass is 214 g/mol. The van der Waals surface area contributed by atoms with Gasteiger partial charge in [0.25, 0.3) is 0 Å². The van der Waals surface area contributed by atoms with Crippen LogP contribution in [0.5, 0.6) is 0 Å². The predicted octanol–water partition coefficient (Wildman–Crippen LogP) is 0.665. The van der Waals surface area contributed by atoms with Crippen molar-refractivity contribution in [2.45, 2.75) is 0 Å². The molecule has 0 radical (unpaired) electrons. The van der Waals surface area contributed by atoms with Crippen molar-refractivity contribution in [2.24, 2.45) is 0 Å². The molecule has 0 aliphatic carbocycles. The molecule has 0 rings (SSSR count). The Hall–Kier alpha value is 0.260. The van der Waals surface area contributed by atoms with Crippen molar-refractivity contribution in [1.82, 2.24) is 5.32 Å². The van der Waals surface area contributed by atoms with Gasteiger partial charge in [-0.05, 0) is 0 Å². The molecule has 0 aliphatic rings. The van der Waals surface area contributed by atoms with E-state index in [1.807, 2.05) is 0 Å². The molecule has 0 fully saturated rings. The fourth-order valence-electron chi connectivity index (χ4n) is 0.271. The number of methoxy groups -OCH3 is 1. The van der Waals surface area contributed by atoms with Gasteiger partial charge in [0.1, 0.15) is 0 Å². The van der Waals surface area contributed by atoms with Crippen LogP contribution >= 0.6 is 29.6 Å². The molecule has 56 valence electrons. The van der Waals surface area contributed by atoms with E-state index in [2.05, 4.69) is 17.9 Å². The van der Waals surface area contributed by atoms with Gasteiger partial charge in [-0.15, -0.1) is 29.6 Å². The van der Waals surface area contributed by atoms with Crippen LogP contribution < -0.4 is 5.32 Å². The normalized spacial score (nSPS) is 7.78. The van der Waals surface area contributed by atoms with Crippen molar-refractivity contribution in [1.29, 1.82) is 5.41 Å². The van der Waals surface area contributed by atoms with Crippen LogP contribution in [0.15, 0.2) is 0 Å². The standard InChI is InChI=1S/C4H10N2OS.BrH/c1-7-3-2-6-4(5)8;/h2-3H2,1H3,(H3,5,6,8);1H. The van der Waals surface area contributed by atoms with Crippen LogP contribution in [-0.2, 0) is 4.74 Å². The minimum atomic E-state index is 0. The van der Waals surface area contributed by atoms with Gasteiger partial charge in [0.2, 0.25) is 0 Å². The second kappa shape index (κ2) is 8.26. The Kier molecular flexibility index (Phi) is 11.0. The van der Waals surface area contributed by atoms with Gasteiger partial charge in [-0.3, -0.25) is 5.41 Å². The molecular weight excluding hydrogens is 204 g/mol. The summed E-state index contributed by atoms with van der Waals surface area (Å²) in [6, 6.07) is 0. The van der Waals surface area contributed by atoms with Gasteiger partial charge in [0.05, 0.1) is 6.61 Å². The Balaban J connectivity index is 0. The van der Waals surface area contributed by atoms with Gasteiger partial charge in [-0.1, -0.05) is 0 Å². The largest absolute Gasteiger partial charge is 0.383 e. The van der Waals surface area contributed by atoms with Crippen LogP contribution in [0, 0.1) is 5.41 Å². The molecule has 0 aromatic rings. The first-order chi connectivity index (χ1) is 3.77. The average molecular weight is 215 g/mol. The van der Waals surface area contributed by atoms with E-state index in [0.717, 1.165) is 0 Å². The molecule has 2 N–H and O–H groups in total. The highest BCUT2D eigenvalue weighted by atomic mass is 79.9. The summed E-state index contributed by atoms with van der Waals surface area (Å²) in [5.74, 6) is 0. The van der Waals surface area contributed by atoms with E-state index in [0.29, 0.717) is 13.2 Å². The SMILES string of the molecule is Br.COCCNC(=N)S.